The fraction of sp³-hybridized carbons (Fsp3) is 0.500. The summed E-state index contributed by atoms with van der Waals surface area (Å²) in [5.74, 6) is -0.369. The number of aromatic nitrogens is 1. The van der Waals surface area contributed by atoms with Crippen molar-refractivity contribution in [2.75, 3.05) is 12.9 Å². The summed E-state index contributed by atoms with van der Waals surface area (Å²) < 4.78 is 44.9. The summed E-state index contributed by atoms with van der Waals surface area (Å²) in [7, 11) is -3.42. The van der Waals surface area contributed by atoms with Gasteiger partial charge in [0.2, 0.25) is 0 Å². The zero-order chi connectivity index (χ0) is 15.7. The van der Waals surface area contributed by atoms with E-state index in [4.69, 9.17) is 8.71 Å². The number of fused-ring (bicyclic) bond motifs is 1. The van der Waals surface area contributed by atoms with Gasteiger partial charge in [-0.1, -0.05) is 19.0 Å². The van der Waals surface area contributed by atoms with Crippen LogP contribution < -0.4 is 0 Å². The Morgan fingerprint density at radius 3 is 2.76 bits per heavy atom. The van der Waals surface area contributed by atoms with E-state index in [-0.39, 0.29) is 17.8 Å². The number of halogens is 1. The summed E-state index contributed by atoms with van der Waals surface area (Å²) >= 11 is 0. The van der Waals surface area contributed by atoms with Crippen LogP contribution in [0.25, 0.3) is 11.0 Å². The van der Waals surface area contributed by atoms with E-state index >= 15 is 0 Å². The summed E-state index contributed by atoms with van der Waals surface area (Å²) in [5.41, 5.74) is 0.922. The quantitative estimate of drug-likeness (QED) is 0.767. The van der Waals surface area contributed by atoms with Gasteiger partial charge in [0.1, 0.15) is 5.82 Å². The minimum atomic E-state index is -3.42. The van der Waals surface area contributed by atoms with Crippen LogP contribution in [0.3, 0.4) is 0 Å². The van der Waals surface area contributed by atoms with Crippen LogP contribution in [0, 0.1) is 11.2 Å². The van der Waals surface area contributed by atoms with Crippen molar-refractivity contribution < 1.29 is 21.5 Å². The van der Waals surface area contributed by atoms with Crippen molar-refractivity contribution in [2.45, 2.75) is 26.7 Å². The van der Waals surface area contributed by atoms with Crippen LogP contribution >= 0.6 is 0 Å². The second-order valence-corrected chi connectivity index (χ2v) is 7.53. The highest BCUT2D eigenvalue weighted by Gasteiger charge is 2.23. The predicted octanol–water partition coefficient (Wildman–Crippen LogP) is 2.90. The van der Waals surface area contributed by atoms with Crippen LogP contribution in [-0.2, 0) is 20.7 Å². The molecule has 21 heavy (non-hydrogen) atoms. The standard InChI is InChI=1S/C14H18FNO4S/c1-14(2,6-7-19-21(3,17)18)9-12-11-5-4-10(15)8-13(11)20-16-12/h4-5,8H,6-7,9H2,1-3H3. The van der Waals surface area contributed by atoms with Gasteiger partial charge >= 0.3 is 0 Å². The Balaban J connectivity index is 2.07. The summed E-state index contributed by atoms with van der Waals surface area (Å²) in [5, 5.41) is 4.75. The molecule has 116 valence electrons. The molecule has 0 aliphatic heterocycles. The lowest BCUT2D eigenvalue weighted by Crippen LogP contribution is -2.19. The monoisotopic (exact) mass is 315 g/mol. The van der Waals surface area contributed by atoms with Crippen LogP contribution in [-0.4, -0.2) is 26.4 Å². The van der Waals surface area contributed by atoms with Crippen LogP contribution in [0.5, 0.6) is 0 Å². The molecule has 1 aromatic heterocycles. The highest BCUT2D eigenvalue weighted by atomic mass is 32.2. The lowest BCUT2D eigenvalue weighted by atomic mass is 9.84. The molecule has 0 spiro atoms. The van der Waals surface area contributed by atoms with Crippen molar-refractivity contribution >= 4 is 21.1 Å². The Morgan fingerprint density at radius 2 is 2.10 bits per heavy atom. The molecule has 7 heteroatoms. The van der Waals surface area contributed by atoms with E-state index in [0.717, 1.165) is 17.3 Å². The smallest absolute Gasteiger partial charge is 0.264 e. The molecular formula is C14H18FNO4S. The van der Waals surface area contributed by atoms with Gasteiger partial charge in [0, 0.05) is 11.5 Å². The molecule has 0 aliphatic carbocycles. The Morgan fingerprint density at radius 1 is 1.38 bits per heavy atom. The van der Waals surface area contributed by atoms with Gasteiger partial charge in [0.25, 0.3) is 10.1 Å². The number of benzene rings is 1. The molecule has 0 bridgehead atoms. The second kappa shape index (κ2) is 5.73. The molecule has 1 heterocycles. The third kappa shape index (κ3) is 4.50. The average Bonchev–Trinajstić information content (AvgIpc) is 2.68. The van der Waals surface area contributed by atoms with Crippen molar-refractivity contribution in [3.63, 3.8) is 0 Å². The number of hydrogen-bond donors (Lipinski definition) is 0. The number of nitrogens with zero attached hydrogens (tertiary/aromatic N) is 1. The second-order valence-electron chi connectivity index (χ2n) is 5.89. The van der Waals surface area contributed by atoms with E-state index in [1.165, 1.54) is 12.1 Å². The van der Waals surface area contributed by atoms with E-state index in [1.54, 1.807) is 6.07 Å². The first-order chi connectivity index (χ1) is 9.66. The third-order valence-corrected chi connectivity index (χ3v) is 3.83. The molecule has 0 amide bonds. The topological polar surface area (TPSA) is 69.4 Å². The first-order valence-corrected chi connectivity index (χ1v) is 8.36. The van der Waals surface area contributed by atoms with E-state index in [9.17, 15) is 12.8 Å². The van der Waals surface area contributed by atoms with Gasteiger partial charge in [-0.25, -0.2) is 4.39 Å². The number of rotatable bonds is 6. The summed E-state index contributed by atoms with van der Waals surface area (Å²) in [6.45, 7) is 4.10. The highest BCUT2D eigenvalue weighted by Crippen LogP contribution is 2.29. The van der Waals surface area contributed by atoms with E-state index < -0.39 is 10.1 Å². The SMILES string of the molecule is CC(C)(CCOS(C)(=O)=O)Cc1noc2cc(F)ccc12. The van der Waals surface area contributed by atoms with Crippen molar-refractivity contribution in [2.24, 2.45) is 5.41 Å². The maximum absolute atomic E-state index is 13.1. The van der Waals surface area contributed by atoms with Crippen LogP contribution in [0.1, 0.15) is 26.0 Å². The average molecular weight is 315 g/mol. The van der Waals surface area contributed by atoms with E-state index in [1.807, 2.05) is 13.8 Å². The molecule has 0 atom stereocenters. The maximum atomic E-state index is 13.1. The van der Waals surface area contributed by atoms with Gasteiger partial charge in [0.15, 0.2) is 5.58 Å². The Bertz CT molecular complexity index is 737. The lowest BCUT2D eigenvalue weighted by Gasteiger charge is -2.22. The maximum Gasteiger partial charge on any atom is 0.264 e. The molecule has 0 aliphatic rings. The van der Waals surface area contributed by atoms with Crippen molar-refractivity contribution in [3.8, 4) is 0 Å². The summed E-state index contributed by atoms with van der Waals surface area (Å²) in [6, 6.07) is 4.30. The molecule has 2 aromatic rings. The summed E-state index contributed by atoms with van der Waals surface area (Å²) in [6.07, 6.45) is 2.16. The van der Waals surface area contributed by atoms with Crippen LogP contribution in [0.4, 0.5) is 4.39 Å². The van der Waals surface area contributed by atoms with Crippen molar-refractivity contribution in [3.05, 3.63) is 29.7 Å². The van der Waals surface area contributed by atoms with Gasteiger partial charge in [0.05, 0.1) is 18.6 Å². The molecule has 1 aromatic carbocycles. The molecule has 0 N–H and O–H groups in total. The summed E-state index contributed by atoms with van der Waals surface area (Å²) in [4.78, 5) is 0. The lowest BCUT2D eigenvalue weighted by molar-refractivity contribution is 0.230. The van der Waals surface area contributed by atoms with Gasteiger partial charge in [-0.3, -0.25) is 4.18 Å². The zero-order valence-electron chi connectivity index (χ0n) is 12.2. The third-order valence-electron chi connectivity index (χ3n) is 3.23. The molecule has 0 saturated heterocycles. The Kier molecular flexibility index (Phi) is 4.34. The Hall–Kier alpha value is -1.47. The van der Waals surface area contributed by atoms with E-state index in [2.05, 4.69) is 5.16 Å². The normalized spacial score (nSPS) is 13.0. The molecule has 5 nitrogen and oxygen atoms in total. The Labute approximate surface area is 123 Å². The molecule has 0 saturated carbocycles. The fourth-order valence-electron chi connectivity index (χ4n) is 2.10. The van der Waals surface area contributed by atoms with Gasteiger partial charge < -0.3 is 4.52 Å². The van der Waals surface area contributed by atoms with E-state index in [0.29, 0.717) is 18.4 Å². The minimum absolute atomic E-state index is 0.121. The first kappa shape index (κ1) is 15.9. The molecular weight excluding hydrogens is 297 g/mol. The molecule has 2 rings (SSSR count). The highest BCUT2D eigenvalue weighted by molar-refractivity contribution is 7.85. The van der Waals surface area contributed by atoms with Crippen LogP contribution in [0.2, 0.25) is 0 Å². The molecule has 0 fully saturated rings. The fourth-order valence-corrected chi connectivity index (χ4v) is 2.49. The zero-order valence-corrected chi connectivity index (χ0v) is 13.0. The van der Waals surface area contributed by atoms with Crippen molar-refractivity contribution in [1.29, 1.82) is 0 Å². The van der Waals surface area contributed by atoms with Crippen molar-refractivity contribution in [1.82, 2.24) is 5.16 Å². The number of hydrogen-bond acceptors (Lipinski definition) is 5. The first-order valence-electron chi connectivity index (χ1n) is 6.54. The van der Waals surface area contributed by atoms with Gasteiger partial charge in [-0.15, -0.1) is 0 Å². The largest absolute Gasteiger partial charge is 0.356 e. The molecule has 0 unspecified atom stereocenters. The van der Waals surface area contributed by atoms with Gasteiger partial charge in [-0.05, 0) is 30.4 Å². The van der Waals surface area contributed by atoms with Gasteiger partial charge in [-0.2, -0.15) is 8.42 Å². The molecule has 0 radical (unpaired) electrons. The minimum Gasteiger partial charge on any atom is -0.356 e. The van der Waals surface area contributed by atoms with Crippen LogP contribution in [0.15, 0.2) is 22.7 Å². The predicted molar refractivity (Wildman–Crippen MR) is 76.9 cm³/mol.